The molecule has 0 spiro atoms. The molecule has 112 valence electrons. The Labute approximate surface area is 132 Å². The molecule has 1 aliphatic carbocycles. The van der Waals surface area contributed by atoms with Gasteiger partial charge in [-0.05, 0) is 24.8 Å². The molecule has 1 aliphatic rings. The van der Waals surface area contributed by atoms with Crippen LogP contribution in [0.5, 0.6) is 0 Å². The topological polar surface area (TPSA) is 77.8 Å². The zero-order chi connectivity index (χ0) is 14.8. The fourth-order valence-electron chi connectivity index (χ4n) is 2.77. The smallest absolute Gasteiger partial charge is 0.228 e. The second kappa shape index (κ2) is 6.30. The second-order valence-electron chi connectivity index (χ2n) is 5.41. The van der Waals surface area contributed by atoms with Crippen molar-refractivity contribution in [1.29, 1.82) is 0 Å². The predicted octanol–water partition coefficient (Wildman–Crippen LogP) is 3.50. The maximum atomic E-state index is 6.22. The van der Waals surface area contributed by atoms with E-state index in [1.165, 1.54) is 31.9 Å². The SMILES string of the molecule is NC(Cc1nc(-c2ncc(Cl)cc2Cl)no1)C1CCCC1. The van der Waals surface area contributed by atoms with Gasteiger partial charge in [-0.15, -0.1) is 0 Å². The van der Waals surface area contributed by atoms with Crippen LogP contribution in [0.1, 0.15) is 31.6 Å². The van der Waals surface area contributed by atoms with E-state index in [1.807, 2.05) is 0 Å². The Balaban J connectivity index is 1.73. The lowest BCUT2D eigenvalue weighted by molar-refractivity contribution is 0.341. The van der Waals surface area contributed by atoms with E-state index in [-0.39, 0.29) is 6.04 Å². The largest absolute Gasteiger partial charge is 0.339 e. The summed E-state index contributed by atoms with van der Waals surface area (Å²) in [7, 11) is 0. The average molecular weight is 327 g/mol. The molecule has 0 saturated heterocycles. The maximum Gasteiger partial charge on any atom is 0.228 e. The second-order valence-corrected chi connectivity index (χ2v) is 6.25. The molecule has 0 radical (unpaired) electrons. The van der Waals surface area contributed by atoms with Crippen LogP contribution < -0.4 is 5.73 Å². The van der Waals surface area contributed by atoms with Crippen LogP contribution in [0.25, 0.3) is 11.5 Å². The average Bonchev–Trinajstić information content (AvgIpc) is 3.09. The lowest BCUT2D eigenvalue weighted by Gasteiger charge is -2.16. The zero-order valence-electron chi connectivity index (χ0n) is 11.4. The van der Waals surface area contributed by atoms with E-state index in [4.69, 9.17) is 33.5 Å². The van der Waals surface area contributed by atoms with Gasteiger partial charge in [-0.1, -0.05) is 41.2 Å². The highest BCUT2D eigenvalue weighted by Gasteiger charge is 2.24. The number of hydrogen-bond acceptors (Lipinski definition) is 5. The van der Waals surface area contributed by atoms with Crippen LogP contribution in [-0.4, -0.2) is 21.2 Å². The molecule has 1 atom stereocenters. The molecule has 0 bridgehead atoms. The van der Waals surface area contributed by atoms with Crippen molar-refractivity contribution in [3.63, 3.8) is 0 Å². The molecule has 5 nitrogen and oxygen atoms in total. The molecule has 2 aromatic heterocycles. The van der Waals surface area contributed by atoms with Gasteiger partial charge in [0, 0.05) is 18.7 Å². The molecule has 0 aromatic carbocycles. The molecule has 3 rings (SSSR count). The monoisotopic (exact) mass is 326 g/mol. The molecule has 1 fully saturated rings. The van der Waals surface area contributed by atoms with Crippen LogP contribution in [0.15, 0.2) is 16.8 Å². The summed E-state index contributed by atoms with van der Waals surface area (Å²) in [5.41, 5.74) is 6.69. The van der Waals surface area contributed by atoms with Crippen molar-refractivity contribution in [1.82, 2.24) is 15.1 Å². The van der Waals surface area contributed by atoms with Gasteiger partial charge >= 0.3 is 0 Å². The number of nitrogens with zero attached hydrogens (tertiary/aromatic N) is 3. The Bertz CT molecular complexity index is 625. The summed E-state index contributed by atoms with van der Waals surface area (Å²) in [6.45, 7) is 0. The molecule has 7 heteroatoms. The Morgan fingerprint density at radius 2 is 2.10 bits per heavy atom. The highest BCUT2D eigenvalue weighted by molar-refractivity contribution is 6.35. The molecule has 0 amide bonds. The van der Waals surface area contributed by atoms with E-state index in [2.05, 4.69) is 15.1 Å². The van der Waals surface area contributed by atoms with Crippen molar-refractivity contribution < 1.29 is 4.52 Å². The van der Waals surface area contributed by atoms with Gasteiger partial charge in [-0.2, -0.15) is 4.98 Å². The summed E-state index contributed by atoms with van der Waals surface area (Å²) in [5.74, 6) is 1.44. The van der Waals surface area contributed by atoms with Crippen LogP contribution in [-0.2, 0) is 6.42 Å². The number of pyridine rings is 1. The standard InChI is InChI=1S/C14H16Cl2N4O/c15-9-5-10(16)13(18-7-9)14-19-12(21-20-14)6-11(17)8-3-1-2-4-8/h5,7-8,11H,1-4,6,17H2. The highest BCUT2D eigenvalue weighted by Crippen LogP contribution is 2.29. The summed E-state index contributed by atoms with van der Waals surface area (Å²) in [5, 5.41) is 4.79. The highest BCUT2D eigenvalue weighted by atomic mass is 35.5. The van der Waals surface area contributed by atoms with Crippen LogP contribution in [0.4, 0.5) is 0 Å². The van der Waals surface area contributed by atoms with Crippen molar-refractivity contribution in [2.45, 2.75) is 38.1 Å². The summed E-state index contributed by atoms with van der Waals surface area (Å²) < 4.78 is 5.26. The first-order valence-corrected chi connectivity index (χ1v) is 7.78. The molecule has 1 saturated carbocycles. The first kappa shape index (κ1) is 14.8. The minimum absolute atomic E-state index is 0.0643. The van der Waals surface area contributed by atoms with Crippen LogP contribution in [0.3, 0.4) is 0 Å². The van der Waals surface area contributed by atoms with E-state index in [1.54, 1.807) is 6.07 Å². The van der Waals surface area contributed by atoms with E-state index in [0.717, 1.165) is 0 Å². The quantitative estimate of drug-likeness (QED) is 0.930. The molecule has 2 N–H and O–H groups in total. The third-order valence-corrected chi connectivity index (χ3v) is 4.40. The third kappa shape index (κ3) is 3.36. The van der Waals surface area contributed by atoms with Crippen LogP contribution >= 0.6 is 23.2 Å². The zero-order valence-corrected chi connectivity index (χ0v) is 12.9. The first-order valence-electron chi connectivity index (χ1n) is 7.03. The first-order chi connectivity index (χ1) is 10.1. The van der Waals surface area contributed by atoms with Crippen molar-refractivity contribution in [2.24, 2.45) is 11.7 Å². The van der Waals surface area contributed by atoms with E-state index < -0.39 is 0 Å². The van der Waals surface area contributed by atoms with Gasteiger partial charge in [0.2, 0.25) is 11.7 Å². The van der Waals surface area contributed by atoms with Crippen LogP contribution in [0.2, 0.25) is 10.0 Å². The molecular weight excluding hydrogens is 311 g/mol. The fraction of sp³-hybridized carbons (Fsp3) is 0.500. The minimum Gasteiger partial charge on any atom is -0.339 e. The van der Waals surface area contributed by atoms with E-state index in [9.17, 15) is 0 Å². The van der Waals surface area contributed by atoms with Gasteiger partial charge in [-0.3, -0.25) is 0 Å². The molecule has 2 heterocycles. The number of halogens is 2. The number of nitrogens with two attached hydrogens (primary N) is 1. The van der Waals surface area contributed by atoms with Gasteiger partial charge in [-0.25, -0.2) is 4.98 Å². The van der Waals surface area contributed by atoms with E-state index >= 15 is 0 Å². The summed E-state index contributed by atoms with van der Waals surface area (Å²) in [6, 6.07) is 1.67. The minimum atomic E-state index is 0.0643. The number of aromatic nitrogens is 3. The van der Waals surface area contributed by atoms with Gasteiger partial charge < -0.3 is 10.3 Å². The third-order valence-electron chi connectivity index (χ3n) is 3.90. The molecule has 1 unspecified atom stereocenters. The van der Waals surface area contributed by atoms with Crippen molar-refractivity contribution in [2.75, 3.05) is 0 Å². The summed E-state index contributed by atoms with van der Waals surface area (Å²) >= 11 is 11.9. The van der Waals surface area contributed by atoms with Gasteiger partial charge in [0.1, 0.15) is 5.69 Å². The number of rotatable bonds is 4. The molecule has 21 heavy (non-hydrogen) atoms. The van der Waals surface area contributed by atoms with Crippen molar-refractivity contribution in [3.05, 3.63) is 28.2 Å². The Morgan fingerprint density at radius 3 is 2.81 bits per heavy atom. The van der Waals surface area contributed by atoms with Gasteiger partial charge in [0.15, 0.2) is 0 Å². The molecule has 0 aliphatic heterocycles. The normalized spacial score (nSPS) is 17.3. The molecule has 2 aromatic rings. The summed E-state index contributed by atoms with van der Waals surface area (Å²) in [4.78, 5) is 8.47. The van der Waals surface area contributed by atoms with Crippen molar-refractivity contribution >= 4 is 23.2 Å². The Morgan fingerprint density at radius 1 is 1.33 bits per heavy atom. The van der Waals surface area contributed by atoms with Gasteiger partial charge in [0.25, 0.3) is 0 Å². The van der Waals surface area contributed by atoms with Gasteiger partial charge in [0.05, 0.1) is 10.0 Å². The Hall–Kier alpha value is -1.17. The van der Waals surface area contributed by atoms with E-state index in [0.29, 0.717) is 39.8 Å². The summed E-state index contributed by atoms with van der Waals surface area (Å²) in [6.07, 6.45) is 6.99. The Kier molecular flexibility index (Phi) is 4.42. The molecular formula is C14H16Cl2N4O. The van der Waals surface area contributed by atoms with Crippen LogP contribution in [0, 0.1) is 5.92 Å². The number of hydrogen-bond donors (Lipinski definition) is 1. The van der Waals surface area contributed by atoms with Crippen molar-refractivity contribution in [3.8, 4) is 11.5 Å². The lowest BCUT2D eigenvalue weighted by atomic mass is 9.96. The predicted molar refractivity (Wildman–Crippen MR) is 81.2 cm³/mol. The lowest BCUT2D eigenvalue weighted by Crippen LogP contribution is -2.30. The maximum absolute atomic E-state index is 6.22. The fourth-order valence-corrected chi connectivity index (χ4v) is 3.23.